The van der Waals surface area contributed by atoms with Crippen molar-refractivity contribution in [2.24, 2.45) is 0 Å². The van der Waals surface area contributed by atoms with Gasteiger partial charge in [0.15, 0.2) is 5.78 Å². The number of carbonyl (C=O) groups excluding carboxylic acids is 1. The van der Waals surface area contributed by atoms with E-state index in [-0.39, 0.29) is 5.78 Å². The lowest BCUT2D eigenvalue weighted by Gasteiger charge is -2.06. The Balaban J connectivity index is 2.14. The second-order valence-corrected chi connectivity index (χ2v) is 5.12. The van der Waals surface area contributed by atoms with Crippen molar-refractivity contribution in [1.29, 1.82) is 0 Å². The van der Waals surface area contributed by atoms with Gasteiger partial charge in [-0.3, -0.25) is 4.79 Å². The lowest BCUT2D eigenvalue weighted by Crippen LogP contribution is -2.04. The molecule has 4 heteroatoms. The number of hydrogen-bond acceptors (Lipinski definition) is 1. The molecule has 0 aliphatic heterocycles. The van der Waals surface area contributed by atoms with Gasteiger partial charge in [-0.1, -0.05) is 30.3 Å². The average Bonchev–Trinajstić information content (AvgIpc) is 2.47. The van der Waals surface area contributed by atoms with Crippen molar-refractivity contribution >= 4 is 11.9 Å². The Hall–Kier alpha value is -2.36. The van der Waals surface area contributed by atoms with Crippen LogP contribution in [0.4, 0.5) is 13.2 Å². The summed E-state index contributed by atoms with van der Waals surface area (Å²) in [5.74, 6) is -0.178. The minimum Gasteiger partial charge on any atom is -0.289 e. The summed E-state index contributed by atoms with van der Waals surface area (Å²) in [6.45, 7) is 3.88. The number of alkyl halides is 3. The molecule has 0 bridgehead atoms. The van der Waals surface area contributed by atoms with Crippen molar-refractivity contribution < 1.29 is 18.0 Å². The number of hydrogen-bond donors (Lipinski definition) is 0. The van der Waals surface area contributed by atoms with Crippen molar-refractivity contribution in [2.45, 2.75) is 20.0 Å². The van der Waals surface area contributed by atoms with Crippen molar-refractivity contribution in [2.75, 3.05) is 0 Å². The molecule has 0 aromatic heterocycles. The van der Waals surface area contributed by atoms with Gasteiger partial charge in [-0.2, -0.15) is 13.2 Å². The van der Waals surface area contributed by atoms with Crippen molar-refractivity contribution in [3.05, 3.63) is 76.4 Å². The quantitative estimate of drug-likeness (QED) is 0.561. The zero-order valence-electron chi connectivity index (χ0n) is 12.2. The Bertz CT molecular complexity index is 710. The number of carbonyl (C=O) groups is 1. The molecule has 0 aliphatic rings. The normalized spacial score (nSPS) is 11.9. The first-order chi connectivity index (χ1) is 10.3. The van der Waals surface area contributed by atoms with Gasteiger partial charge in [0.2, 0.25) is 0 Å². The second kappa shape index (κ2) is 6.18. The number of halogens is 3. The molecule has 0 radical (unpaired) electrons. The van der Waals surface area contributed by atoms with Gasteiger partial charge in [0.1, 0.15) is 0 Å². The van der Waals surface area contributed by atoms with Gasteiger partial charge in [0.05, 0.1) is 5.56 Å². The summed E-state index contributed by atoms with van der Waals surface area (Å²) in [6, 6.07) is 10.1. The van der Waals surface area contributed by atoms with Crippen LogP contribution in [0.25, 0.3) is 6.08 Å². The third-order valence-corrected chi connectivity index (χ3v) is 3.46. The Labute approximate surface area is 127 Å². The first-order valence-electron chi connectivity index (χ1n) is 6.74. The smallest absolute Gasteiger partial charge is 0.289 e. The SMILES string of the molecule is Cc1ccc(C(=O)/C=C/c2ccc(C(F)(F)F)cc2)cc1C. The highest BCUT2D eigenvalue weighted by molar-refractivity contribution is 6.06. The van der Waals surface area contributed by atoms with Gasteiger partial charge in [-0.05, 0) is 54.8 Å². The minimum atomic E-state index is -4.35. The molecule has 2 aromatic rings. The number of rotatable bonds is 3. The summed E-state index contributed by atoms with van der Waals surface area (Å²) in [6.07, 6.45) is -1.47. The first kappa shape index (κ1) is 16.0. The summed E-state index contributed by atoms with van der Waals surface area (Å²) in [5, 5.41) is 0. The first-order valence-corrected chi connectivity index (χ1v) is 6.74. The van der Waals surface area contributed by atoms with E-state index in [4.69, 9.17) is 0 Å². The molecule has 0 aliphatic carbocycles. The number of benzene rings is 2. The molecular formula is C18H15F3O. The Morgan fingerprint density at radius 1 is 0.955 bits per heavy atom. The van der Waals surface area contributed by atoms with Gasteiger partial charge in [-0.15, -0.1) is 0 Å². The fourth-order valence-electron chi connectivity index (χ4n) is 1.95. The summed E-state index contributed by atoms with van der Waals surface area (Å²) in [5.41, 5.74) is 2.53. The van der Waals surface area contributed by atoms with Gasteiger partial charge >= 0.3 is 6.18 Å². The van der Waals surface area contributed by atoms with Crippen molar-refractivity contribution in [3.63, 3.8) is 0 Å². The van der Waals surface area contributed by atoms with Gasteiger partial charge < -0.3 is 0 Å². The standard InChI is InChI=1S/C18H15F3O/c1-12-3-7-15(11-13(12)2)17(22)10-6-14-4-8-16(9-5-14)18(19,20)21/h3-11H,1-2H3/b10-6+. The predicted molar refractivity (Wildman–Crippen MR) is 80.7 cm³/mol. The molecule has 0 heterocycles. The lowest BCUT2D eigenvalue weighted by molar-refractivity contribution is -0.137. The summed E-state index contributed by atoms with van der Waals surface area (Å²) in [4.78, 5) is 12.0. The third kappa shape index (κ3) is 3.85. The average molecular weight is 304 g/mol. The van der Waals surface area contributed by atoms with E-state index in [1.165, 1.54) is 24.3 Å². The minimum absolute atomic E-state index is 0.178. The van der Waals surface area contributed by atoms with Crippen LogP contribution in [0, 0.1) is 13.8 Å². The molecule has 1 nitrogen and oxygen atoms in total. The topological polar surface area (TPSA) is 17.1 Å². The summed E-state index contributed by atoms with van der Waals surface area (Å²) in [7, 11) is 0. The van der Waals surface area contributed by atoms with Gasteiger partial charge in [0, 0.05) is 5.56 Å². The maximum Gasteiger partial charge on any atom is 0.416 e. The molecule has 0 spiro atoms. The molecule has 0 saturated heterocycles. The van der Waals surface area contributed by atoms with E-state index in [9.17, 15) is 18.0 Å². The zero-order valence-corrected chi connectivity index (χ0v) is 12.2. The molecule has 2 aromatic carbocycles. The largest absolute Gasteiger partial charge is 0.416 e. The number of allylic oxidation sites excluding steroid dienone is 1. The van der Waals surface area contributed by atoms with Crippen LogP contribution < -0.4 is 0 Å². The van der Waals surface area contributed by atoms with E-state index in [1.54, 1.807) is 12.1 Å². The fourth-order valence-corrected chi connectivity index (χ4v) is 1.95. The van der Waals surface area contributed by atoms with Crippen LogP contribution >= 0.6 is 0 Å². The van der Waals surface area contributed by atoms with Crippen LogP contribution in [0.5, 0.6) is 0 Å². The van der Waals surface area contributed by atoms with E-state index in [1.807, 2.05) is 19.9 Å². The molecular weight excluding hydrogens is 289 g/mol. The number of aryl methyl sites for hydroxylation is 2. The van der Waals surface area contributed by atoms with Gasteiger partial charge in [0.25, 0.3) is 0 Å². The summed E-state index contributed by atoms with van der Waals surface area (Å²) < 4.78 is 37.4. The highest BCUT2D eigenvalue weighted by atomic mass is 19.4. The predicted octanol–water partition coefficient (Wildman–Crippen LogP) is 5.22. The molecule has 0 saturated carbocycles. The van der Waals surface area contributed by atoms with Crippen molar-refractivity contribution in [3.8, 4) is 0 Å². The molecule has 0 fully saturated rings. The maximum atomic E-state index is 12.5. The number of ketones is 1. The molecule has 114 valence electrons. The van der Waals surface area contributed by atoms with E-state index in [0.717, 1.165) is 23.3 Å². The van der Waals surface area contributed by atoms with Crippen LogP contribution in [0.3, 0.4) is 0 Å². The Morgan fingerprint density at radius 3 is 2.14 bits per heavy atom. The van der Waals surface area contributed by atoms with Crippen LogP contribution in [-0.2, 0) is 6.18 Å². The van der Waals surface area contributed by atoms with Crippen molar-refractivity contribution in [1.82, 2.24) is 0 Å². The van der Waals surface area contributed by atoms with Crippen LogP contribution in [0.2, 0.25) is 0 Å². The highest BCUT2D eigenvalue weighted by Gasteiger charge is 2.29. The molecule has 0 atom stereocenters. The lowest BCUT2D eigenvalue weighted by atomic mass is 10.0. The van der Waals surface area contributed by atoms with Crippen LogP contribution in [0.1, 0.15) is 32.6 Å². The summed E-state index contributed by atoms with van der Waals surface area (Å²) >= 11 is 0. The monoisotopic (exact) mass is 304 g/mol. The highest BCUT2D eigenvalue weighted by Crippen LogP contribution is 2.29. The Kier molecular flexibility index (Phi) is 4.50. The van der Waals surface area contributed by atoms with E-state index < -0.39 is 11.7 Å². The molecule has 0 amide bonds. The van der Waals surface area contributed by atoms with Crippen LogP contribution in [0.15, 0.2) is 48.5 Å². The van der Waals surface area contributed by atoms with E-state index >= 15 is 0 Å². The van der Waals surface area contributed by atoms with Crippen LogP contribution in [-0.4, -0.2) is 5.78 Å². The van der Waals surface area contributed by atoms with Gasteiger partial charge in [-0.25, -0.2) is 0 Å². The maximum absolute atomic E-state index is 12.5. The molecule has 22 heavy (non-hydrogen) atoms. The fraction of sp³-hybridized carbons (Fsp3) is 0.167. The van der Waals surface area contributed by atoms with E-state index in [0.29, 0.717) is 11.1 Å². The molecule has 0 N–H and O–H groups in total. The Morgan fingerprint density at radius 2 is 1.59 bits per heavy atom. The second-order valence-electron chi connectivity index (χ2n) is 5.12. The third-order valence-electron chi connectivity index (χ3n) is 3.46. The molecule has 0 unspecified atom stereocenters. The van der Waals surface area contributed by atoms with E-state index in [2.05, 4.69) is 0 Å². The molecule has 2 rings (SSSR count). The zero-order chi connectivity index (χ0) is 16.3.